The van der Waals surface area contributed by atoms with E-state index in [0.717, 1.165) is 32.4 Å². The number of hydrogen-bond donors (Lipinski definition) is 3. The summed E-state index contributed by atoms with van der Waals surface area (Å²) in [7, 11) is 5.13. The highest BCUT2D eigenvalue weighted by atomic mass is 16.5. The van der Waals surface area contributed by atoms with Crippen molar-refractivity contribution in [3.63, 3.8) is 0 Å². The van der Waals surface area contributed by atoms with Gasteiger partial charge in [-0.1, -0.05) is 13.8 Å². The number of likely N-dealkylation sites (N-methyl/N-ethyl adjacent to an activating group) is 1. The first-order valence-electron chi connectivity index (χ1n) is 12.2. The third-order valence-electron chi connectivity index (χ3n) is 11.3. The van der Waals surface area contributed by atoms with Crippen LogP contribution in [0.15, 0.2) is 0 Å². The molecule has 6 fully saturated rings. The number of aliphatic hydroxyl groups excluding tert-OH is 1. The van der Waals surface area contributed by atoms with Crippen molar-refractivity contribution >= 4 is 0 Å². The molecule has 1 unspecified atom stereocenters. The summed E-state index contributed by atoms with van der Waals surface area (Å²) in [5.74, 6) is -0.259. The standard InChI is InChI=1S/C24H39NO6/c1-6-25-11-21(2)8-7-15(30-4)23-13-9-12-14(29-3)10-22(27,16(13)17(12)26)24(28,20(23)25)19(31-5)18(21)23/h12-20,26-28H,6-11H2,1-5H3/t12-,13-,14+,15+,16-,17+,18-,19+,20?,21+,22-,23+,24-/m1/s1. The molecule has 6 rings (SSSR count). The van der Waals surface area contributed by atoms with Gasteiger partial charge >= 0.3 is 0 Å². The van der Waals surface area contributed by atoms with Gasteiger partial charge in [0, 0.05) is 57.5 Å². The van der Waals surface area contributed by atoms with Crippen molar-refractivity contribution in [2.75, 3.05) is 34.4 Å². The second-order valence-electron chi connectivity index (χ2n) is 11.8. The average Bonchev–Trinajstić information content (AvgIpc) is 3.11. The molecule has 7 nitrogen and oxygen atoms in total. The van der Waals surface area contributed by atoms with Crippen LogP contribution in [0.25, 0.3) is 0 Å². The topological polar surface area (TPSA) is 91.6 Å². The molecular weight excluding hydrogens is 398 g/mol. The maximum atomic E-state index is 12.8. The zero-order valence-corrected chi connectivity index (χ0v) is 19.5. The predicted octanol–water partition coefficient (Wildman–Crippen LogP) is 0.645. The molecule has 5 aliphatic carbocycles. The summed E-state index contributed by atoms with van der Waals surface area (Å²) in [6.45, 7) is 6.20. The summed E-state index contributed by atoms with van der Waals surface area (Å²) in [6.07, 6.45) is 1.61. The van der Waals surface area contributed by atoms with Gasteiger partial charge in [-0.15, -0.1) is 0 Å². The zero-order chi connectivity index (χ0) is 22.1. The van der Waals surface area contributed by atoms with Crippen LogP contribution in [0.1, 0.15) is 39.5 Å². The zero-order valence-electron chi connectivity index (χ0n) is 19.5. The fourth-order valence-corrected chi connectivity index (χ4v) is 10.7. The van der Waals surface area contributed by atoms with Crippen molar-refractivity contribution in [2.45, 2.75) is 81.2 Å². The fourth-order valence-electron chi connectivity index (χ4n) is 10.7. The molecule has 1 heterocycles. The van der Waals surface area contributed by atoms with Gasteiger partial charge in [0.1, 0.15) is 11.2 Å². The molecule has 0 aromatic heterocycles. The Balaban J connectivity index is 1.68. The summed E-state index contributed by atoms with van der Waals surface area (Å²) in [5.41, 5.74) is -3.35. The Morgan fingerprint density at radius 3 is 2.45 bits per heavy atom. The van der Waals surface area contributed by atoms with E-state index in [9.17, 15) is 15.3 Å². The van der Waals surface area contributed by atoms with Crippen LogP contribution in [-0.2, 0) is 14.2 Å². The van der Waals surface area contributed by atoms with Gasteiger partial charge in [-0.2, -0.15) is 0 Å². The van der Waals surface area contributed by atoms with Gasteiger partial charge in [0.05, 0.1) is 30.5 Å². The molecule has 1 aliphatic heterocycles. The number of hydrogen-bond acceptors (Lipinski definition) is 7. The lowest BCUT2D eigenvalue weighted by Gasteiger charge is -2.69. The van der Waals surface area contributed by atoms with Gasteiger partial charge < -0.3 is 29.5 Å². The lowest BCUT2D eigenvalue weighted by atomic mass is 9.43. The lowest BCUT2D eigenvalue weighted by Crippen LogP contribution is -2.81. The molecule has 5 saturated carbocycles. The first-order valence-corrected chi connectivity index (χ1v) is 12.2. The molecule has 0 aromatic carbocycles. The fraction of sp³-hybridized carbons (Fsp3) is 1.00. The van der Waals surface area contributed by atoms with Gasteiger partial charge in [-0.3, -0.25) is 4.90 Å². The maximum absolute atomic E-state index is 12.8. The molecule has 6 aliphatic rings. The van der Waals surface area contributed by atoms with Crippen LogP contribution in [0.3, 0.4) is 0 Å². The van der Waals surface area contributed by atoms with Gasteiger partial charge in [0.25, 0.3) is 0 Å². The number of ether oxygens (including phenoxy) is 3. The quantitative estimate of drug-likeness (QED) is 0.595. The average molecular weight is 438 g/mol. The predicted molar refractivity (Wildman–Crippen MR) is 112 cm³/mol. The summed E-state index contributed by atoms with van der Waals surface area (Å²) in [5, 5.41) is 36.8. The molecular formula is C24H39NO6. The Morgan fingerprint density at radius 1 is 1.10 bits per heavy atom. The molecule has 7 bridgehead atoms. The van der Waals surface area contributed by atoms with Crippen molar-refractivity contribution in [2.24, 2.45) is 34.5 Å². The SMILES string of the molecule is CCN1C[C@]2(C)CC[C@H](OC)[C@]34C1[C@](O)([C@@H](OC)[C@H]23)[C@@]1(O)C[C@H](OC)[C@H]2C[C@@H]4[C@@H]1[C@H]2O. The van der Waals surface area contributed by atoms with E-state index in [1.54, 1.807) is 21.3 Å². The third-order valence-corrected chi connectivity index (χ3v) is 11.3. The van der Waals surface area contributed by atoms with E-state index in [0.29, 0.717) is 6.42 Å². The van der Waals surface area contributed by atoms with Crippen LogP contribution in [0, 0.1) is 34.5 Å². The van der Waals surface area contributed by atoms with E-state index in [4.69, 9.17) is 14.2 Å². The Labute approximate surface area is 185 Å². The monoisotopic (exact) mass is 437 g/mol. The van der Waals surface area contributed by atoms with Gasteiger partial charge in [0.15, 0.2) is 0 Å². The Hall–Kier alpha value is -0.280. The molecule has 0 aromatic rings. The molecule has 13 atom stereocenters. The molecule has 176 valence electrons. The number of fused-ring (bicyclic) bond motifs is 2. The first-order chi connectivity index (χ1) is 14.7. The first kappa shape index (κ1) is 21.3. The molecule has 0 radical (unpaired) electrons. The van der Waals surface area contributed by atoms with Crippen LogP contribution in [0.4, 0.5) is 0 Å². The van der Waals surface area contributed by atoms with Gasteiger partial charge in [-0.25, -0.2) is 0 Å². The largest absolute Gasteiger partial charge is 0.392 e. The van der Waals surface area contributed by atoms with E-state index in [2.05, 4.69) is 18.7 Å². The summed E-state index contributed by atoms with van der Waals surface area (Å²) in [6, 6.07) is -0.258. The summed E-state index contributed by atoms with van der Waals surface area (Å²) < 4.78 is 18.2. The Morgan fingerprint density at radius 2 is 1.84 bits per heavy atom. The lowest BCUT2D eigenvalue weighted by molar-refractivity contribution is -0.317. The molecule has 3 N–H and O–H groups in total. The van der Waals surface area contributed by atoms with E-state index in [1.165, 1.54) is 0 Å². The minimum atomic E-state index is -1.49. The number of nitrogens with zero attached hydrogens (tertiary/aromatic N) is 1. The van der Waals surface area contributed by atoms with Crippen molar-refractivity contribution in [3.8, 4) is 0 Å². The minimum absolute atomic E-state index is 0.0138. The second kappa shape index (κ2) is 6.23. The van der Waals surface area contributed by atoms with E-state index in [-0.39, 0.29) is 52.8 Å². The summed E-state index contributed by atoms with van der Waals surface area (Å²) >= 11 is 0. The van der Waals surface area contributed by atoms with Crippen molar-refractivity contribution < 1.29 is 29.5 Å². The van der Waals surface area contributed by atoms with Gasteiger partial charge in [-0.05, 0) is 37.1 Å². The number of rotatable bonds is 4. The second-order valence-corrected chi connectivity index (χ2v) is 11.8. The van der Waals surface area contributed by atoms with Crippen LogP contribution >= 0.6 is 0 Å². The van der Waals surface area contributed by atoms with Crippen molar-refractivity contribution in [3.05, 3.63) is 0 Å². The highest BCUT2D eigenvalue weighted by Crippen LogP contribution is 2.80. The van der Waals surface area contributed by atoms with E-state index in [1.807, 2.05) is 0 Å². The molecule has 7 heteroatoms. The Kier molecular flexibility index (Phi) is 4.28. The molecule has 31 heavy (non-hydrogen) atoms. The van der Waals surface area contributed by atoms with Crippen molar-refractivity contribution in [1.29, 1.82) is 0 Å². The van der Waals surface area contributed by atoms with E-state index >= 15 is 0 Å². The maximum Gasteiger partial charge on any atom is 0.136 e. The highest BCUT2D eigenvalue weighted by Gasteiger charge is 2.91. The third kappa shape index (κ3) is 1.93. The van der Waals surface area contributed by atoms with Crippen LogP contribution < -0.4 is 0 Å². The van der Waals surface area contributed by atoms with E-state index < -0.39 is 23.4 Å². The normalized spacial score (nSPS) is 64.1. The number of piperidine rings is 1. The van der Waals surface area contributed by atoms with Crippen molar-refractivity contribution in [1.82, 2.24) is 4.90 Å². The van der Waals surface area contributed by atoms with Crippen LogP contribution in [-0.4, -0.2) is 96.3 Å². The molecule has 0 amide bonds. The minimum Gasteiger partial charge on any atom is -0.392 e. The van der Waals surface area contributed by atoms with Crippen LogP contribution in [0.5, 0.6) is 0 Å². The number of aliphatic hydroxyl groups is 3. The molecule has 1 spiro atoms. The highest BCUT2D eigenvalue weighted by molar-refractivity contribution is 5.41. The summed E-state index contributed by atoms with van der Waals surface area (Å²) in [4.78, 5) is 2.41. The van der Waals surface area contributed by atoms with Crippen LogP contribution in [0.2, 0.25) is 0 Å². The Bertz CT molecular complexity index is 781. The van der Waals surface area contributed by atoms with Gasteiger partial charge in [0.2, 0.25) is 0 Å². The number of likely N-dealkylation sites (tertiary alicyclic amines) is 1. The molecule has 1 saturated heterocycles. The number of methoxy groups -OCH3 is 3. The smallest absolute Gasteiger partial charge is 0.136 e.